The van der Waals surface area contributed by atoms with Crippen LogP contribution in [-0.4, -0.2) is 36.1 Å². The van der Waals surface area contributed by atoms with Crippen LogP contribution >= 0.6 is 0 Å². The summed E-state index contributed by atoms with van der Waals surface area (Å²) in [5.74, 6) is -1.51. The first kappa shape index (κ1) is 16.3. The molecule has 1 aromatic carbocycles. The van der Waals surface area contributed by atoms with E-state index in [1.54, 1.807) is 26.0 Å². The topological polar surface area (TPSA) is 69.6 Å². The van der Waals surface area contributed by atoms with Gasteiger partial charge in [-0.05, 0) is 49.4 Å². The maximum Gasteiger partial charge on any atom is 0.326 e. The Kier molecular flexibility index (Phi) is 5.41. The van der Waals surface area contributed by atoms with Crippen LogP contribution in [0.4, 0.5) is 5.69 Å². The van der Waals surface area contributed by atoms with Crippen LogP contribution in [0.2, 0.25) is 0 Å². The second-order valence-electron chi connectivity index (χ2n) is 6.13. The third-order valence-electron chi connectivity index (χ3n) is 4.07. The highest BCUT2D eigenvalue weighted by molar-refractivity contribution is 5.96. The molecule has 22 heavy (non-hydrogen) atoms. The van der Waals surface area contributed by atoms with E-state index in [0.717, 1.165) is 18.8 Å². The second kappa shape index (κ2) is 7.29. The van der Waals surface area contributed by atoms with Gasteiger partial charge in [0, 0.05) is 24.3 Å². The van der Waals surface area contributed by atoms with Gasteiger partial charge in [0.15, 0.2) is 0 Å². The number of carboxylic acids is 1. The van der Waals surface area contributed by atoms with Crippen LogP contribution in [0, 0.1) is 5.92 Å². The number of anilines is 1. The molecule has 2 N–H and O–H groups in total. The summed E-state index contributed by atoms with van der Waals surface area (Å²) in [5.41, 5.74) is 1.61. The Balaban J connectivity index is 2.02. The Hall–Kier alpha value is -2.04. The van der Waals surface area contributed by atoms with Crippen molar-refractivity contribution >= 4 is 17.6 Å². The molecule has 0 spiro atoms. The normalized spacial score (nSPS) is 16.4. The van der Waals surface area contributed by atoms with Crippen molar-refractivity contribution in [2.45, 2.75) is 39.2 Å². The Bertz CT molecular complexity index is 519. The summed E-state index contributed by atoms with van der Waals surface area (Å²) in [7, 11) is 0. The van der Waals surface area contributed by atoms with E-state index in [9.17, 15) is 9.59 Å². The summed E-state index contributed by atoms with van der Waals surface area (Å²) in [4.78, 5) is 25.6. The molecule has 1 aromatic rings. The number of carbonyl (C=O) groups is 2. The zero-order valence-corrected chi connectivity index (χ0v) is 13.2. The zero-order valence-electron chi connectivity index (χ0n) is 13.2. The molecule has 0 saturated carbocycles. The van der Waals surface area contributed by atoms with Crippen molar-refractivity contribution in [2.75, 3.05) is 18.0 Å². The Morgan fingerprint density at radius 3 is 2.18 bits per heavy atom. The van der Waals surface area contributed by atoms with Crippen LogP contribution in [0.3, 0.4) is 0 Å². The molecule has 1 heterocycles. The van der Waals surface area contributed by atoms with Gasteiger partial charge < -0.3 is 15.3 Å². The van der Waals surface area contributed by atoms with Gasteiger partial charge >= 0.3 is 5.97 Å². The predicted octanol–water partition coefficient (Wildman–Crippen LogP) is 2.52. The Morgan fingerprint density at radius 2 is 1.68 bits per heavy atom. The minimum Gasteiger partial charge on any atom is -0.480 e. The fraction of sp³-hybridized carbons (Fsp3) is 0.529. The lowest BCUT2D eigenvalue weighted by Crippen LogP contribution is -2.44. The fourth-order valence-corrected chi connectivity index (χ4v) is 2.71. The van der Waals surface area contributed by atoms with E-state index in [2.05, 4.69) is 10.2 Å². The largest absolute Gasteiger partial charge is 0.480 e. The molecular formula is C17H24N2O3. The van der Waals surface area contributed by atoms with Gasteiger partial charge in [-0.1, -0.05) is 13.8 Å². The summed E-state index contributed by atoms with van der Waals surface area (Å²) in [6.45, 7) is 5.66. The standard InChI is InChI=1S/C17H24N2O3/c1-12(2)15(17(21)22)18-16(20)13-6-8-14(9-7-13)19-10-4-3-5-11-19/h6-9,12,15H,3-5,10-11H2,1-2H3,(H,18,20)(H,21,22)/t15-/m0/s1. The van der Waals surface area contributed by atoms with E-state index in [4.69, 9.17) is 5.11 Å². The first-order valence-corrected chi connectivity index (χ1v) is 7.87. The number of nitrogens with zero attached hydrogens (tertiary/aromatic N) is 1. The molecule has 1 aliphatic rings. The van der Waals surface area contributed by atoms with Gasteiger partial charge in [0.05, 0.1) is 0 Å². The lowest BCUT2D eigenvalue weighted by atomic mass is 10.0. The molecule has 0 aliphatic carbocycles. The van der Waals surface area contributed by atoms with Gasteiger partial charge in [0.1, 0.15) is 6.04 Å². The lowest BCUT2D eigenvalue weighted by Gasteiger charge is -2.28. The molecule has 0 bridgehead atoms. The summed E-state index contributed by atoms with van der Waals surface area (Å²) in [5, 5.41) is 11.7. The molecule has 0 unspecified atom stereocenters. The number of piperidine rings is 1. The summed E-state index contributed by atoms with van der Waals surface area (Å²) < 4.78 is 0. The average molecular weight is 304 g/mol. The predicted molar refractivity (Wildman–Crippen MR) is 86.2 cm³/mol. The molecular weight excluding hydrogens is 280 g/mol. The molecule has 2 rings (SSSR count). The first-order chi connectivity index (χ1) is 10.5. The van der Waals surface area contributed by atoms with Gasteiger partial charge in [0.2, 0.25) is 0 Å². The first-order valence-electron chi connectivity index (χ1n) is 7.87. The molecule has 1 aliphatic heterocycles. The highest BCUT2D eigenvalue weighted by atomic mass is 16.4. The van der Waals surface area contributed by atoms with E-state index >= 15 is 0 Å². The number of benzene rings is 1. The van der Waals surface area contributed by atoms with Crippen molar-refractivity contribution < 1.29 is 14.7 Å². The monoisotopic (exact) mass is 304 g/mol. The third-order valence-corrected chi connectivity index (χ3v) is 4.07. The average Bonchev–Trinajstić information content (AvgIpc) is 2.52. The number of rotatable bonds is 5. The van der Waals surface area contributed by atoms with Crippen molar-refractivity contribution in [1.29, 1.82) is 0 Å². The van der Waals surface area contributed by atoms with Crippen LogP contribution < -0.4 is 10.2 Å². The van der Waals surface area contributed by atoms with Crippen LogP contribution in [0.1, 0.15) is 43.5 Å². The van der Waals surface area contributed by atoms with Crippen LogP contribution in [-0.2, 0) is 4.79 Å². The van der Waals surface area contributed by atoms with Gasteiger partial charge in [-0.15, -0.1) is 0 Å². The molecule has 1 atom stereocenters. The summed E-state index contributed by atoms with van der Waals surface area (Å²) in [6.07, 6.45) is 3.69. The molecule has 120 valence electrons. The Morgan fingerprint density at radius 1 is 1.09 bits per heavy atom. The Labute approximate surface area is 131 Å². The van der Waals surface area contributed by atoms with Crippen LogP contribution in [0.15, 0.2) is 24.3 Å². The number of hydrogen-bond donors (Lipinski definition) is 2. The number of aliphatic carboxylic acids is 1. The number of nitrogens with one attached hydrogen (secondary N) is 1. The van der Waals surface area contributed by atoms with E-state index < -0.39 is 12.0 Å². The fourth-order valence-electron chi connectivity index (χ4n) is 2.71. The van der Waals surface area contributed by atoms with E-state index in [1.807, 2.05) is 12.1 Å². The van der Waals surface area contributed by atoms with Crippen LogP contribution in [0.25, 0.3) is 0 Å². The lowest BCUT2D eigenvalue weighted by molar-refractivity contribution is -0.140. The van der Waals surface area contributed by atoms with E-state index in [0.29, 0.717) is 5.56 Å². The molecule has 1 amide bonds. The van der Waals surface area contributed by atoms with Crippen molar-refractivity contribution in [1.82, 2.24) is 5.32 Å². The number of hydrogen-bond acceptors (Lipinski definition) is 3. The highest BCUT2D eigenvalue weighted by Gasteiger charge is 2.24. The van der Waals surface area contributed by atoms with Crippen molar-refractivity contribution in [2.24, 2.45) is 5.92 Å². The van der Waals surface area contributed by atoms with Gasteiger partial charge in [-0.2, -0.15) is 0 Å². The zero-order chi connectivity index (χ0) is 16.1. The quantitative estimate of drug-likeness (QED) is 0.877. The maximum absolute atomic E-state index is 12.2. The molecule has 1 saturated heterocycles. The minimum atomic E-state index is -1.01. The number of amides is 1. The SMILES string of the molecule is CC(C)[C@H](NC(=O)c1ccc(N2CCCCC2)cc1)C(=O)O. The molecule has 0 aromatic heterocycles. The third kappa shape index (κ3) is 4.00. The van der Waals surface area contributed by atoms with Gasteiger partial charge in [-0.25, -0.2) is 4.79 Å². The summed E-state index contributed by atoms with van der Waals surface area (Å²) >= 11 is 0. The van der Waals surface area contributed by atoms with E-state index in [1.165, 1.54) is 19.3 Å². The minimum absolute atomic E-state index is 0.158. The summed E-state index contributed by atoms with van der Waals surface area (Å²) in [6, 6.07) is 6.53. The van der Waals surface area contributed by atoms with Crippen molar-refractivity contribution in [3.63, 3.8) is 0 Å². The smallest absolute Gasteiger partial charge is 0.326 e. The number of carboxylic acid groups (broad SMARTS) is 1. The van der Waals surface area contributed by atoms with Crippen LogP contribution in [0.5, 0.6) is 0 Å². The highest BCUT2D eigenvalue weighted by Crippen LogP contribution is 2.20. The number of carbonyl (C=O) groups excluding carboxylic acids is 1. The second-order valence-corrected chi connectivity index (χ2v) is 6.13. The van der Waals surface area contributed by atoms with Crippen molar-refractivity contribution in [3.8, 4) is 0 Å². The van der Waals surface area contributed by atoms with Gasteiger partial charge in [0.25, 0.3) is 5.91 Å². The maximum atomic E-state index is 12.2. The molecule has 0 radical (unpaired) electrons. The van der Waals surface area contributed by atoms with E-state index in [-0.39, 0.29) is 11.8 Å². The molecule has 5 heteroatoms. The van der Waals surface area contributed by atoms with Crippen molar-refractivity contribution in [3.05, 3.63) is 29.8 Å². The van der Waals surface area contributed by atoms with Gasteiger partial charge in [-0.3, -0.25) is 4.79 Å². The molecule has 5 nitrogen and oxygen atoms in total. The molecule has 1 fully saturated rings.